The van der Waals surface area contributed by atoms with Crippen molar-refractivity contribution in [3.63, 3.8) is 0 Å². The molecule has 324 valence electrons. The second-order valence-electron chi connectivity index (χ2n) is 19.9. The number of rotatable bonds is 7. The summed E-state index contributed by atoms with van der Waals surface area (Å²) in [6, 6.07) is 88.5. The van der Waals surface area contributed by atoms with Gasteiger partial charge in [0.05, 0.1) is 5.69 Å². The second kappa shape index (κ2) is 15.0. The summed E-state index contributed by atoms with van der Waals surface area (Å²) in [6.07, 6.45) is 0. The minimum atomic E-state index is -0.338. The summed E-state index contributed by atoms with van der Waals surface area (Å²) in [6.45, 7) is 9.59. The van der Waals surface area contributed by atoms with Gasteiger partial charge in [0.2, 0.25) is 0 Å². The number of benzene rings is 10. The lowest BCUT2D eigenvalue weighted by Gasteiger charge is -2.32. The van der Waals surface area contributed by atoms with Crippen LogP contribution in [0, 0.1) is 0 Å². The van der Waals surface area contributed by atoms with Crippen LogP contribution in [0.2, 0.25) is 0 Å². The molecule has 3 aliphatic rings. The van der Waals surface area contributed by atoms with E-state index in [1.54, 1.807) is 0 Å². The van der Waals surface area contributed by atoms with E-state index in [0.717, 1.165) is 17.1 Å². The highest BCUT2D eigenvalue weighted by Gasteiger charge is 2.43. The maximum absolute atomic E-state index is 2.51. The molecule has 0 radical (unpaired) electrons. The molecule has 1 heteroatoms. The van der Waals surface area contributed by atoms with Gasteiger partial charge in [0.15, 0.2) is 0 Å². The zero-order valence-electron chi connectivity index (χ0n) is 39.0. The Hall–Kier alpha value is -8.00. The molecule has 13 rings (SSSR count). The standard InChI is InChI=1S/C67H51N/c1-65(2)58-30-15-11-26-52(58)56-28-19-29-57(64(56)65)55-27-14-18-33-63(55)68(49-39-41-54-51-25-13-17-32-60(51)67(4,62(54)43-49)47-22-9-6-10-23-47)48-37-34-44(35-38-48)45-36-40-53-50-24-12-16-31-59(50)66(3,61(53)42-45)46-20-7-5-8-21-46/h5-43H,1-4H3. The number of nitrogens with zero attached hydrogens (tertiary/aromatic N) is 1. The maximum atomic E-state index is 2.51. The van der Waals surface area contributed by atoms with Crippen molar-refractivity contribution in [2.24, 2.45) is 0 Å². The molecule has 68 heavy (non-hydrogen) atoms. The van der Waals surface area contributed by atoms with E-state index in [2.05, 4.69) is 269 Å². The van der Waals surface area contributed by atoms with Gasteiger partial charge in [-0.2, -0.15) is 0 Å². The van der Waals surface area contributed by atoms with Gasteiger partial charge in [0.1, 0.15) is 0 Å². The molecule has 10 aromatic carbocycles. The quantitative estimate of drug-likeness (QED) is 0.154. The van der Waals surface area contributed by atoms with E-state index in [1.165, 1.54) is 100 Å². The molecule has 1 nitrogen and oxygen atoms in total. The van der Waals surface area contributed by atoms with Gasteiger partial charge in [0.25, 0.3) is 0 Å². The first-order valence-electron chi connectivity index (χ1n) is 24.1. The van der Waals surface area contributed by atoms with E-state index in [0.29, 0.717) is 0 Å². The molecule has 0 spiro atoms. The van der Waals surface area contributed by atoms with Gasteiger partial charge in [-0.05, 0) is 145 Å². The molecule has 0 aromatic heterocycles. The molecule has 0 saturated carbocycles. The molecule has 2 unspecified atom stereocenters. The molecule has 0 amide bonds. The highest BCUT2D eigenvalue weighted by atomic mass is 15.1. The first-order chi connectivity index (χ1) is 33.3. The Labute approximate surface area is 400 Å². The van der Waals surface area contributed by atoms with Gasteiger partial charge in [-0.15, -0.1) is 0 Å². The minimum absolute atomic E-state index is 0.174. The van der Waals surface area contributed by atoms with E-state index in [4.69, 9.17) is 0 Å². The summed E-state index contributed by atoms with van der Waals surface area (Å²) in [7, 11) is 0. The molecule has 0 fully saturated rings. The third-order valence-electron chi connectivity index (χ3n) is 16.0. The molecule has 0 saturated heterocycles. The van der Waals surface area contributed by atoms with Gasteiger partial charge in [-0.1, -0.05) is 214 Å². The Morgan fingerprint density at radius 1 is 0.279 bits per heavy atom. The van der Waals surface area contributed by atoms with Crippen molar-refractivity contribution in [3.8, 4) is 55.6 Å². The van der Waals surface area contributed by atoms with Crippen LogP contribution in [0.25, 0.3) is 55.6 Å². The second-order valence-corrected chi connectivity index (χ2v) is 19.9. The topological polar surface area (TPSA) is 3.24 Å². The summed E-state index contributed by atoms with van der Waals surface area (Å²) in [4.78, 5) is 2.51. The molecule has 10 aromatic rings. The summed E-state index contributed by atoms with van der Waals surface area (Å²) in [5.74, 6) is 0. The predicted octanol–water partition coefficient (Wildman–Crippen LogP) is 17.5. The minimum Gasteiger partial charge on any atom is -0.310 e. The van der Waals surface area contributed by atoms with Crippen molar-refractivity contribution in [2.45, 2.75) is 43.9 Å². The van der Waals surface area contributed by atoms with Crippen molar-refractivity contribution in [1.29, 1.82) is 0 Å². The average molecular weight is 870 g/mol. The Morgan fingerprint density at radius 3 is 1.29 bits per heavy atom. The van der Waals surface area contributed by atoms with E-state index in [-0.39, 0.29) is 16.2 Å². The van der Waals surface area contributed by atoms with Crippen molar-refractivity contribution >= 4 is 17.1 Å². The summed E-state index contributed by atoms with van der Waals surface area (Å²) < 4.78 is 0. The fraction of sp³-hybridized carbons (Fsp3) is 0.104. The number of para-hydroxylation sites is 1. The molecule has 0 aliphatic heterocycles. The fourth-order valence-corrected chi connectivity index (χ4v) is 12.7. The fourth-order valence-electron chi connectivity index (χ4n) is 12.7. The van der Waals surface area contributed by atoms with Crippen LogP contribution in [-0.4, -0.2) is 0 Å². The van der Waals surface area contributed by atoms with Crippen LogP contribution in [-0.2, 0) is 16.2 Å². The summed E-state index contributed by atoms with van der Waals surface area (Å²) in [5.41, 5.74) is 26.1. The first-order valence-corrected chi connectivity index (χ1v) is 24.1. The van der Waals surface area contributed by atoms with Gasteiger partial charge in [0, 0.05) is 33.2 Å². The molecule has 3 aliphatic carbocycles. The lowest BCUT2D eigenvalue weighted by Crippen LogP contribution is -2.23. The largest absolute Gasteiger partial charge is 0.310 e. The van der Waals surface area contributed by atoms with Crippen molar-refractivity contribution < 1.29 is 0 Å². The number of hydrogen-bond donors (Lipinski definition) is 0. The summed E-state index contributed by atoms with van der Waals surface area (Å²) in [5, 5.41) is 0. The molecule has 0 bridgehead atoms. The van der Waals surface area contributed by atoms with Crippen molar-refractivity contribution in [3.05, 3.63) is 281 Å². The highest BCUT2D eigenvalue weighted by Crippen LogP contribution is 2.57. The predicted molar refractivity (Wildman–Crippen MR) is 284 cm³/mol. The molecule has 0 N–H and O–H groups in total. The van der Waals surface area contributed by atoms with Crippen LogP contribution in [0.5, 0.6) is 0 Å². The molecular weight excluding hydrogens is 819 g/mol. The molecular formula is C67H51N. The third-order valence-corrected chi connectivity index (χ3v) is 16.0. The lowest BCUT2D eigenvalue weighted by molar-refractivity contribution is 0.662. The Morgan fingerprint density at radius 2 is 0.691 bits per heavy atom. The molecule has 0 heterocycles. The first kappa shape index (κ1) is 40.3. The normalized spacial score (nSPS) is 17.6. The van der Waals surface area contributed by atoms with Crippen LogP contribution >= 0.6 is 0 Å². The van der Waals surface area contributed by atoms with E-state index in [9.17, 15) is 0 Å². The Balaban J connectivity index is 0.989. The van der Waals surface area contributed by atoms with Gasteiger partial charge < -0.3 is 4.90 Å². The SMILES string of the molecule is CC1(C)c2ccccc2-c2cccc(-c3ccccc3N(c3ccc(-c4ccc5c(c4)C(C)(c4ccccc4)c4ccccc4-5)cc3)c3ccc4c(c3)C(C)(c3ccccc3)c3ccccc3-4)c21. The van der Waals surface area contributed by atoms with Crippen molar-refractivity contribution in [2.75, 3.05) is 4.90 Å². The highest BCUT2D eigenvalue weighted by molar-refractivity contribution is 5.96. The van der Waals surface area contributed by atoms with Crippen LogP contribution in [0.15, 0.2) is 237 Å². The lowest BCUT2D eigenvalue weighted by atomic mass is 9.74. The Bertz CT molecular complexity index is 3620. The van der Waals surface area contributed by atoms with Crippen LogP contribution in [0.4, 0.5) is 17.1 Å². The van der Waals surface area contributed by atoms with Crippen molar-refractivity contribution in [1.82, 2.24) is 0 Å². The average Bonchev–Trinajstić information content (AvgIpc) is 3.92. The van der Waals surface area contributed by atoms with Gasteiger partial charge in [-0.3, -0.25) is 0 Å². The Kier molecular flexibility index (Phi) is 8.89. The van der Waals surface area contributed by atoms with Crippen LogP contribution in [0.1, 0.15) is 72.2 Å². The number of anilines is 3. The molecule has 2 atom stereocenters. The monoisotopic (exact) mass is 869 g/mol. The zero-order chi connectivity index (χ0) is 45.8. The van der Waals surface area contributed by atoms with Crippen LogP contribution in [0.3, 0.4) is 0 Å². The van der Waals surface area contributed by atoms with E-state index >= 15 is 0 Å². The van der Waals surface area contributed by atoms with E-state index in [1.807, 2.05) is 0 Å². The number of hydrogen-bond acceptors (Lipinski definition) is 1. The third kappa shape index (κ3) is 5.69. The van der Waals surface area contributed by atoms with Gasteiger partial charge >= 0.3 is 0 Å². The van der Waals surface area contributed by atoms with Gasteiger partial charge in [-0.25, -0.2) is 0 Å². The zero-order valence-corrected chi connectivity index (χ0v) is 39.0. The van der Waals surface area contributed by atoms with E-state index < -0.39 is 0 Å². The maximum Gasteiger partial charge on any atom is 0.0540 e. The van der Waals surface area contributed by atoms with Crippen LogP contribution < -0.4 is 4.90 Å². The summed E-state index contributed by atoms with van der Waals surface area (Å²) >= 11 is 0. The number of fused-ring (bicyclic) bond motifs is 9. The smallest absolute Gasteiger partial charge is 0.0540 e.